The van der Waals surface area contributed by atoms with E-state index in [0.717, 1.165) is 69.6 Å². The maximum absolute atomic E-state index is 12.9. The largest absolute Gasteiger partial charge is 0.420 e. The average molecular weight is 510 g/mol. The molecule has 1 aromatic heterocycles. The zero-order valence-electron chi connectivity index (χ0n) is 21.9. The highest BCUT2D eigenvalue weighted by molar-refractivity contribution is 5.89. The van der Waals surface area contributed by atoms with Gasteiger partial charge in [-0.1, -0.05) is 73.9 Å². The molecule has 6 nitrogen and oxygen atoms in total. The molecule has 0 spiro atoms. The van der Waals surface area contributed by atoms with Crippen LogP contribution < -0.4 is 10.7 Å². The van der Waals surface area contributed by atoms with Crippen LogP contribution in [0.4, 0.5) is 5.69 Å². The van der Waals surface area contributed by atoms with E-state index in [-0.39, 0.29) is 18.2 Å². The summed E-state index contributed by atoms with van der Waals surface area (Å²) in [6, 6.07) is 25.2. The Bertz CT molecular complexity index is 1460. The number of piperazine rings is 1. The highest BCUT2D eigenvalue weighted by Gasteiger charge is 2.25. The first-order chi connectivity index (χ1) is 18.7. The van der Waals surface area contributed by atoms with Gasteiger partial charge in [-0.05, 0) is 47.7 Å². The number of oxazole rings is 1. The van der Waals surface area contributed by atoms with Crippen LogP contribution in [-0.2, 0) is 17.9 Å². The van der Waals surface area contributed by atoms with Gasteiger partial charge in [-0.15, -0.1) is 0 Å². The van der Waals surface area contributed by atoms with Crippen molar-refractivity contribution in [3.05, 3.63) is 88.9 Å². The fourth-order valence-electron chi connectivity index (χ4n) is 6.06. The standard InChI is InChI=1S/C32H35N3O3/c36-30(26-12-5-2-6-13-26)23-35-29-16-8-15-28(31(29)38-32(35)37)34-19-17-33(18-20-34)22-24-9-7-14-27(21-24)25-10-3-1-4-11-25/h1,3-4,7-11,14-16,21,26H,2,5-6,12-13,17-20,22-23H2. The molecule has 2 heterocycles. The van der Waals surface area contributed by atoms with E-state index in [1.54, 1.807) is 0 Å². The number of carbonyl (C=O) groups is 1. The van der Waals surface area contributed by atoms with Gasteiger partial charge in [0.25, 0.3) is 0 Å². The molecule has 1 saturated carbocycles. The van der Waals surface area contributed by atoms with E-state index in [4.69, 9.17) is 4.42 Å². The van der Waals surface area contributed by atoms with Gasteiger partial charge >= 0.3 is 5.76 Å². The van der Waals surface area contributed by atoms with E-state index >= 15 is 0 Å². The Morgan fingerprint density at radius 3 is 2.34 bits per heavy atom. The lowest BCUT2D eigenvalue weighted by Crippen LogP contribution is -2.46. The Kier molecular flexibility index (Phi) is 7.14. The van der Waals surface area contributed by atoms with Crippen molar-refractivity contribution in [3.63, 3.8) is 0 Å². The minimum absolute atomic E-state index is 0.0743. The smallest absolute Gasteiger partial charge is 0.405 e. The van der Waals surface area contributed by atoms with Gasteiger partial charge < -0.3 is 9.32 Å². The number of nitrogens with zero attached hydrogens (tertiary/aromatic N) is 3. The van der Waals surface area contributed by atoms with E-state index in [0.29, 0.717) is 5.58 Å². The molecule has 0 unspecified atom stereocenters. The first-order valence-corrected chi connectivity index (χ1v) is 13.9. The van der Waals surface area contributed by atoms with Crippen LogP contribution in [0.3, 0.4) is 0 Å². The predicted octanol–water partition coefficient (Wildman–Crippen LogP) is 5.73. The number of carbonyl (C=O) groups excluding carboxylic acids is 1. The molecule has 196 valence electrons. The SMILES string of the molecule is O=C(Cn1c(=O)oc2c(N3CCN(Cc4cccc(-c5ccccc5)c4)CC3)cccc21)C1CCCCC1. The van der Waals surface area contributed by atoms with Crippen molar-refractivity contribution in [1.82, 2.24) is 9.47 Å². The second-order valence-electron chi connectivity index (χ2n) is 10.7. The number of ketones is 1. The van der Waals surface area contributed by atoms with E-state index in [1.807, 2.05) is 24.3 Å². The molecule has 2 fully saturated rings. The van der Waals surface area contributed by atoms with Crippen molar-refractivity contribution in [2.24, 2.45) is 5.92 Å². The van der Waals surface area contributed by atoms with Gasteiger partial charge in [-0.3, -0.25) is 14.3 Å². The first kappa shape index (κ1) is 24.7. The van der Waals surface area contributed by atoms with Gasteiger partial charge in [0.1, 0.15) is 0 Å². The summed E-state index contributed by atoms with van der Waals surface area (Å²) in [6.45, 7) is 4.58. The number of rotatable bonds is 7. The lowest BCUT2D eigenvalue weighted by molar-refractivity contribution is -0.124. The topological polar surface area (TPSA) is 58.7 Å². The number of benzene rings is 3. The van der Waals surface area contributed by atoms with Crippen LogP contribution in [0.5, 0.6) is 0 Å². The predicted molar refractivity (Wildman–Crippen MR) is 151 cm³/mol. The Hall–Kier alpha value is -3.64. The number of fused-ring (bicyclic) bond motifs is 1. The first-order valence-electron chi connectivity index (χ1n) is 13.9. The second kappa shape index (κ2) is 11.0. The van der Waals surface area contributed by atoms with Gasteiger partial charge in [0.15, 0.2) is 11.4 Å². The molecular formula is C32H35N3O3. The van der Waals surface area contributed by atoms with Crippen molar-refractivity contribution in [2.75, 3.05) is 31.1 Å². The molecule has 38 heavy (non-hydrogen) atoms. The Balaban J connectivity index is 1.13. The number of para-hydroxylation sites is 1. The highest BCUT2D eigenvalue weighted by Crippen LogP contribution is 2.29. The van der Waals surface area contributed by atoms with E-state index in [2.05, 4.69) is 58.3 Å². The third-order valence-electron chi connectivity index (χ3n) is 8.20. The summed E-state index contributed by atoms with van der Waals surface area (Å²) in [5, 5.41) is 0. The fraction of sp³-hybridized carbons (Fsp3) is 0.375. The van der Waals surface area contributed by atoms with Crippen LogP contribution in [0.15, 0.2) is 82.0 Å². The number of aromatic nitrogens is 1. The minimum atomic E-state index is -0.437. The van der Waals surface area contributed by atoms with Crippen molar-refractivity contribution >= 4 is 22.6 Å². The number of anilines is 1. The summed E-state index contributed by atoms with van der Waals surface area (Å²) in [5.74, 6) is -0.205. The third kappa shape index (κ3) is 5.18. The van der Waals surface area contributed by atoms with Crippen LogP contribution in [0.1, 0.15) is 37.7 Å². The molecule has 0 radical (unpaired) electrons. The molecular weight excluding hydrogens is 474 g/mol. The van der Waals surface area contributed by atoms with Gasteiger partial charge in [-0.25, -0.2) is 4.79 Å². The van der Waals surface area contributed by atoms with Crippen molar-refractivity contribution in [3.8, 4) is 11.1 Å². The monoisotopic (exact) mass is 509 g/mol. The summed E-state index contributed by atoms with van der Waals surface area (Å²) in [5.41, 5.74) is 6.05. The molecule has 0 amide bonds. The maximum Gasteiger partial charge on any atom is 0.420 e. The van der Waals surface area contributed by atoms with Gasteiger partial charge in [0, 0.05) is 38.6 Å². The molecule has 1 aliphatic carbocycles. The fourth-order valence-corrected chi connectivity index (χ4v) is 6.06. The summed E-state index contributed by atoms with van der Waals surface area (Å²) in [7, 11) is 0. The van der Waals surface area contributed by atoms with Gasteiger partial charge in [0.05, 0.1) is 17.7 Å². The molecule has 6 heteroatoms. The van der Waals surface area contributed by atoms with Crippen LogP contribution in [-0.4, -0.2) is 41.4 Å². The number of Topliss-reactive ketones (excluding diaryl/α,β-unsaturated/α-hetero) is 1. The number of hydrogen-bond donors (Lipinski definition) is 0. The molecule has 2 aliphatic rings. The van der Waals surface area contributed by atoms with Gasteiger partial charge in [-0.2, -0.15) is 0 Å². The van der Waals surface area contributed by atoms with E-state index < -0.39 is 5.76 Å². The van der Waals surface area contributed by atoms with Crippen LogP contribution >= 0.6 is 0 Å². The molecule has 0 atom stereocenters. The molecule has 0 bridgehead atoms. The summed E-state index contributed by atoms with van der Waals surface area (Å²) in [4.78, 5) is 30.5. The number of hydrogen-bond acceptors (Lipinski definition) is 5. The maximum atomic E-state index is 12.9. The lowest BCUT2D eigenvalue weighted by Gasteiger charge is -2.36. The normalized spacial score (nSPS) is 17.2. The van der Waals surface area contributed by atoms with Crippen molar-refractivity contribution in [2.45, 2.75) is 45.2 Å². The molecule has 1 aliphatic heterocycles. The quantitative estimate of drug-likeness (QED) is 0.318. The third-order valence-corrected chi connectivity index (χ3v) is 8.20. The van der Waals surface area contributed by atoms with Crippen LogP contribution in [0.2, 0.25) is 0 Å². The Morgan fingerprint density at radius 2 is 1.55 bits per heavy atom. The van der Waals surface area contributed by atoms with Crippen molar-refractivity contribution in [1.29, 1.82) is 0 Å². The summed E-state index contributed by atoms with van der Waals surface area (Å²) < 4.78 is 7.28. The van der Waals surface area contributed by atoms with Gasteiger partial charge in [0.2, 0.25) is 0 Å². The summed E-state index contributed by atoms with van der Waals surface area (Å²) >= 11 is 0. The average Bonchev–Trinajstić information content (AvgIpc) is 3.29. The Morgan fingerprint density at radius 1 is 0.816 bits per heavy atom. The lowest BCUT2D eigenvalue weighted by atomic mass is 9.86. The molecule has 1 saturated heterocycles. The zero-order chi connectivity index (χ0) is 25.9. The van der Waals surface area contributed by atoms with Crippen molar-refractivity contribution < 1.29 is 9.21 Å². The molecule has 4 aromatic rings. The second-order valence-corrected chi connectivity index (χ2v) is 10.7. The molecule has 6 rings (SSSR count). The minimum Gasteiger partial charge on any atom is -0.405 e. The Labute approximate surface area is 223 Å². The van der Waals surface area contributed by atoms with E-state index in [9.17, 15) is 9.59 Å². The molecule has 0 N–H and O–H groups in total. The van der Waals surface area contributed by atoms with E-state index in [1.165, 1.54) is 27.7 Å². The van der Waals surface area contributed by atoms with Crippen LogP contribution in [0, 0.1) is 5.92 Å². The highest BCUT2D eigenvalue weighted by atomic mass is 16.4. The summed E-state index contributed by atoms with van der Waals surface area (Å²) in [6.07, 6.45) is 5.29. The van der Waals surface area contributed by atoms with Crippen LogP contribution in [0.25, 0.3) is 22.2 Å². The molecule has 3 aromatic carbocycles. The zero-order valence-corrected chi connectivity index (χ0v) is 21.9.